The van der Waals surface area contributed by atoms with Gasteiger partial charge in [0.25, 0.3) is 0 Å². The second kappa shape index (κ2) is 4.40. The zero-order chi connectivity index (χ0) is 11.5. The van der Waals surface area contributed by atoms with Crippen molar-refractivity contribution in [2.24, 2.45) is 0 Å². The van der Waals surface area contributed by atoms with Crippen LogP contribution in [-0.2, 0) is 0 Å². The number of furan rings is 1. The van der Waals surface area contributed by atoms with E-state index in [1.807, 2.05) is 0 Å². The minimum atomic E-state index is -1.11. The summed E-state index contributed by atoms with van der Waals surface area (Å²) in [6.45, 7) is 0. The molecule has 0 aliphatic rings. The average molecular weight is 238 g/mol. The lowest BCUT2D eigenvalue weighted by Gasteiger charge is -1.96. The fourth-order valence-corrected chi connectivity index (χ4v) is 1.88. The van der Waals surface area contributed by atoms with Crippen molar-refractivity contribution in [1.82, 2.24) is 0 Å². The van der Waals surface area contributed by atoms with Crippen molar-refractivity contribution in [3.8, 4) is 0 Å². The van der Waals surface area contributed by atoms with Gasteiger partial charge in [-0.2, -0.15) is 0 Å². The average Bonchev–Trinajstić information content (AvgIpc) is 2.70. The third-order valence-corrected chi connectivity index (χ3v) is 2.75. The van der Waals surface area contributed by atoms with E-state index in [9.17, 15) is 9.18 Å². The Balaban J connectivity index is 2.14. The summed E-state index contributed by atoms with van der Waals surface area (Å²) in [7, 11) is 0. The molecule has 0 fully saturated rings. The first-order valence-electron chi connectivity index (χ1n) is 4.42. The van der Waals surface area contributed by atoms with Crippen molar-refractivity contribution in [3.05, 3.63) is 48.0 Å². The first kappa shape index (κ1) is 10.8. The molecule has 0 amide bonds. The summed E-state index contributed by atoms with van der Waals surface area (Å²) in [4.78, 5) is 11.3. The number of carbonyl (C=O) groups is 1. The van der Waals surface area contributed by atoms with Crippen LogP contribution in [0.2, 0.25) is 0 Å². The van der Waals surface area contributed by atoms with Gasteiger partial charge < -0.3 is 9.52 Å². The van der Waals surface area contributed by atoms with Crippen LogP contribution in [0.4, 0.5) is 4.39 Å². The van der Waals surface area contributed by atoms with Crippen molar-refractivity contribution < 1.29 is 18.7 Å². The van der Waals surface area contributed by atoms with Gasteiger partial charge in [-0.05, 0) is 36.4 Å². The molecule has 0 unspecified atom stereocenters. The molecule has 0 aliphatic heterocycles. The minimum Gasteiger partial charge on any atom is -0.475 e. The Hall–Kier alpha value is -1.75. The molecule has 16 heavy (non-hydrogen) atoms. The summed E-state index contributed by atoms with van der Waals surface area (Å²) in [6, 6.07) is 8.82. The van der Waals surface area contributed by atoms with Crippen molar-refractivity contribution in [1.29, 1.82) is 0 Å². The van der Waals surface area contributed by atoms with Crippen LogP contribution in [0, 0.1) is 5.82 Å². The molecule has 1 aromatic carbocycles. The normalized spacial score (nSPS) is 10.3. The molecule has 1 aromatic heterocycles. The van der Waals surface area contributed by atoms with Crippen LogP contribution in [0.3, 0.4) is 0 Å². The smallest absolute Gasteiger partial charge is 0.371 e. The van der Waals surface area contributed by atoms with E-state index in [2.05, 4.69) is 0 Å². The van der Waals surface area contributed by atoms with E-state index in [1.165, 1.54) is 30.0 Å². The third kappa shape index (κ3) is 2.43. The zero-order valence-corrected chi connectivity index (χ0v) is 8.83. The predicted molar refractivity (Wildman–Crippen MR) is 56.2 cm³/mol. The topological polar surface area (TPSA) is 50.4 Å². The van der Waals surface area contributed by atoms with Crippen LogP contribution in [0.1, 0.15) is 10.6 Å². The van der Waals surface area contributed by atoms with Gasteiger partial charge in [0.05, 0.1) is 0 Å². The molecular weight excluding hydrogens is 231 g/mol. The van der Waals surface area contributed by atoms with Gasteiger partial charge in [0, 0.05) is 4.90 Å². The van der Waals surface area contributed by atoms with Crippen molar-refractivity contribution in [2.75, 3.05) is 0 Å². The quantitative estimate of drug-likeness (QED) is 0.891. The Labute approximate surface area is 94.9 Å². The highest BCUT2D eigenvalue weighted by Gasteiger charge is 2.09. The number of hydrogen-bond donors (Lipinski definition) is 1. The van der Waals surface area contributed by atoms with Gasteiger partial charge in [0.1, 0.15) is 5.82 Å². The molecule has 5 heteroatoms. The third-order valence-electron chi connectivity index (χ3n) is 1.82. The van der Waals surface area contributed by atoms with Gasteiger partial charge in [-0.15, -0.1) is 0 Å². The molecule has 1 heterocycles. The fourth-order valence-electron chi connectivity index (χ4n) is 1.11. The summed E-state index contributed by atoms with van der Waals surface area (Å²) in [5.74, 6) is -1.52. The zero-order valence-electron chi connectivity index (χ0n) is 8.01. The number of benzene rings is 1. The molecule has 0 saturated carbocycles. The van der Waals surface area contributed by atoms with E-state index in [1.54, 1.807) is 18.2 Å². The van der Waals surface area contributed by atoms with Crippen molar-refractivity contribution >= 4 is 17.7 Å². The number of carboxylic acids is 1. The number of rotatable bonds is 3. The van der Waals surface area contributed by atoms with Crippen molar-refractivity contribution in [2.45, 2.75) is 9.99 Å². The van der Waals surface area contributed by atoms with E-state index in [4.69, 9.17) is 9.52 Å². The fraction of sp³-hybridized carbons (Fsp3) is 0. The maximum atomic E-state index is 12.6. The SMILES string of the molecule is O=C(O)c1ccc(Sc2ccc(F)cc2)o1. The van der Waals surface area contributed by atoms with Crippen molar-refractivity contribution in [3.63, 3.8) is 0 Å². The largest absolute Gasteiger partial charge is 0.475 e. The lowest BCUT2D eigenvalue weighted by molar-refractivity contribution is 0.0656. The van der Waals surface area contributed by atoms with Crippen LogP contribution in [0.15, 0.2) is 50.8 Å². The van der Waals surface area contributed by atoms with Crippen LogP contribution in [0.25, 0.3) is 0 Å². The number of aromatic carboxylic acids is 1. The highest BCUT2D eigenvalue weighted by Crippen LogP contribution is 2.29. The monoisotopic (exact) mass is 238 g/mol. The predicted octanol–water partition coefficient (Wildman–Crippen LogP) is 3.27. The first-order valence-corrected chi connectivity index (χ1v) is 5.23. The van der Waals surface area contributed by atoms with Crippen LogP contribution >= 0.6 is 11.8 Å². The maximum Gasteiger partial charge on any atom is 0.371 e. The Kier molecular flexibility index (Phi) is 2.96. The lowest BCUT2D eigenvalue weighted by Crippen LogP contribution is -1.91. The molecule has 0 spiro atoms. The summed E-state index contributed by atoms with van der Waals surface area (Å²) in [5, 5.41) is 9.11. The molecule has 2 aromatic rings. The molecular formula is C11H7FO3S. The molecule has 82 valence electrons. The van der Waals surface area contributed by atoms with Gasteiger partial charge in [-0.25, -0.2) is 9.18 Å². The Bertz CT molecular complexity index is 504. The summed E-state index contributed by atoms with van der Waals surface area (Å²) >= 11 is 1.24. The maximum absolute atomic E-state index is 12.6. The van der Waals surface area contributed by atoms with Gasteiger partial charge in [0.2, 0.25) is 5.76 Å². The highest BCUT2D eigenvalue weighted by atomic mass is 32.2. The van der Waals surface area contributed by atoms with E-state index in [-0.39, 0.29) is 11.6 Å². The van der Waals surface area contributed by atoms with Gasteiger partial charge in [-0.3, -0.25) is 0 Å². The highest BCUT2D eigenvalue weighted by molar-refractivity contribution is 7.99. The molecule has 0 saturated heterocycles. The molecule has 0 aliphatic carbocycles. The van der Waals surface area contributed by atoms with Crippen LogP contribution < -0.4 is 0 Å². The Morgan fingerprint density at radius 3 is 2.44 bits per heavy atom. The van der Waals surface area contributed by atoms with Crippen LogP contribution in [0.5, 0.6) is 0 Å². The second-order valence-electron chi connectivity index (χ2n) is 2.98. The van der Waals surface area contributed by atoms with E-state index < -0.39 is 5.97 Å². The van der Waals surface area contributed by atoms with E-state index in [0.717, 1.165) is 4.90 Å². The standard InChI is InChI=1S/C11H7FO3S/c12-7-1-3-8(4-2-7)16-10-6-5-9(15-10)11(13)14/h1-6H,(H,13,14). The summed E-state index contributed by atoms with van der Waals surface area (Å²) < 4.78 is 17.7. The molecule has 3 nitrogen and oxygen atoms in total. The first-order chi connectivity index (χ1) is 7.65. The summed E-state index contributed by atoms with van der Waals surface area (Å²) in [5.41, 5.74) is 0. The van der Waals surface area contributed by atoms with Gasteiger partial charge >= 0.3 is 5.97 Å². The molecule has 2 rings (SSSR count). The second-order valence-corrected chi connectivity index (χ2v) is 4.06. The van der Waals surface area contributed by atoms with Crippen LogP contribution in [-0.4, -0.2) is 11.1 Å². The van der Waals surface area contributed by atoms with E-state index >= 15 is 0 Å². The number of halogens is 1. The Morgan fingerprint density at radius 2 is 1.88 bits per heavy atom. The summed E-state index contributed by atoms with van der Waals surface area (Å²) in [6.07, 6.45) is 0. The molecule has 0 atom stereocenters. The molecule has 1 N–H and O–H groups in total. The van der Waals surface area contributed by atoms with Gasteiger partial charge in [0.15, 0.2) is 5.09 Å². The number of carboxylic acid groups (broad SMARTS) is 1. The van der Waals surface area contributed by atoms with E-state index in [0.29, 0.717) is 5.09 Å². The number of hydrogen-bond acceptors (Lipinski definition) is 3. The minimum absolute atomic E-state index is 0.107. The lowest BCUT2D eigenvalue weighted by atomic mass is 10.4. The molecule has 0 bridgehead atoms. The Morgan fingerprint density at radius 1 is 1.19 bits per heavy atom. The molecule has 0 radical (unpaired) electrons. The van der Waals surface area contributed by atoms with Gasteiger partial charge in [-0.1, -0.05) is 11.8 Å².